The summed E-state index contributed by atoms with van der Waals surface area (Å²) in [5.74, 6) is 0. The van der Waals surface area contributed by atoms with Crippen molar-refractivity contribution in [2.75, 3.05) is 0 Å². The first-order chi connectivity index (χ1) is 31.1. The summed E-state index contributed by atoms with van der Waals surface area (Å²) in [5.41, 5.74) is 23.7. The first-order valence-corrected chi connectivity index (χ1v) is 25.3. The normalized spacial score (nSPS) is 11.4. The van der Waals surface area contributed by atoms with Crippen LogP contribution in [0.25, 0.3) is 94.7 Å². The van der Waals surface area contributed by atoms with E-state index in [0.717, 1.165) is 0 Å². The highest BCUT2D eigenvalue weighted by Gasteiger charge is 2.28. The van der Waals surface area contributed by atoms with E-state index in [2.05, 4.69) is 213 Å². The predicted molar refractivity (Wildman–Crippen MR) is 285 cm³/mol. The standard InChI is InChI=1S/C60H50S4/c1-35-37(3)55(61-53(35)51-47(43-23-13-9-14-24-43)31-21-32-48(51)44-25-15-10-16-26-44)57-39(5)41(7)59(63-57)60-42(8)40(6)58(64-60)56-38(4)36(2)54(62-56)52-49(45-27-17-11-18-28-45)33-22-34-50(52)46-29-19-12-20-30-46/h9-34H,1-8H3. The van der Waals surface area contributed by atoms with Crippen molar-refractivity contribution < 1.29 is 0 Å². The van der Waals surface area contributed by atoms with Gasteiger partial charge >= 0.3 is 0 Å². The molecule has 0 fully saturated rings. The van der Waals surface area contributed by atoms with Crippen LogP contribution in [0.15, 0.2) is 158 Å². The Morgan fingerprint density at radius 1 is 0.203 bits per heavy atom. The van der Waals surface area contributed by atoms with E-state index in [1.165, 1.54) is 139 Å². The van der Waals surface area contributed by atoms with Gasteiger partial charge in [0.15, 0.2) is 0 Å². The molecule has 0 aliphatic rings. The molecule has 0 aliphatic heterocycles. The summed E-state index contributed by atoms with van der Waals surface area (Å²) in [4.78, 5) is 11.1. The molecule has 0 nitrogen and oxygen atoms in total. The molecule has 0 spiro atoms. The fraction of sp³-hybridized carbons (Fsp3) is 0.133. The fourth-order valence-corrected chi connectivity index (χ4v) is 15.3. The van der Waals surface area contributed by atoms with Crippen LogP contribution in [0.5, 0.6) is 0 Å². The molecular formula is C60H50S4. The molecular weight excluding hydrogens is 849 g/mol. The Hall–Kier alpha value is -5.88. The molecule has 0 amide bonds. The highest BCUT2D eigenvalue weighted by Crippen LogP contribution is 2.56. The lowest BCUT2D eigenvalue weighted by Crippen LogP contribution is -1.90. The monoisotopic (exact) mass is 898 g/mol. The summed E-state index contributed by atoms with van der Waals surface area (Å²) in [5, 5.41) is 0. The van der Waals surface area contributed by atoms with E-state index >= 15 is 0 Å². The van der Waals surface area contributed by atoms with Gasteiger partial charge < -0.3 is 0 Å². The first-order valence-electron chi connectivity index (χ1n) is 22.0. The van der Waals surface area contributed by atoms with Crippen LogP contribution >= 0.6 is 45.3 Å². The molecule has 0 N–H and O–H groups in total. The minimum atomic E-state index is 1.24. The second kappa shape index (κ2) is 17.3. The molecule has 0 unspecified atom stereocenters. The molecule has 64 heavy (non-hydrogen) atoms. The van der Waals surface area contributed by atoms with Crippen LogP contribution in [-0.4, -0.2) is 0 Å². The van der Waals surface area contributed by atoms with Gasteiger partial charge in [0.1, 0.15) is 0 Å². The zero-order chi connectivity index (χ0) is 44.2. The van der Waals surface area contributed by atoms with Gasteiger partial charge in [-0.2, -0.15) is 0 Å². The number of benzene rings is 6. The molecule has 6 aromatic carbocycles. The zero-order valence-corrected chi connectivity index (χ0v) is 40.9. The second-order valence-electron chi connectivity index (χ2n) is 17.0. The van der Waals surface area contributed by atoms with Crippen LogP contribution in [0.3, 0.4) is 0 Å². The lowest BCUT2D eigenvalue weighted by Gasteiger charge is -2.16. The number of thiophene rings is 4. The Bertz CT molecular complexity index is 2980. The molecule has 0 saturated heterocycles. The van der Waals surface area contributed by atoms with E-state index in [0.29, 0.717) is 0 Å². The molecule has 0 bridgehead atoms. The van der Waals surface area contributed by atoms with Gasteiger partial charge in [-0.3, -0.25) is 0 Å². The number of hydrogen-bond acceptors (Lipinski definition) is 4. The topological polar surface area (TPSA) is 0 Å². The molecule has 0 radical (unpaired) electrons. The van der Waals surface area contributed by atoms with Crippen LogP contribution in [0, 0.1) is 55.4 Å². The molecule has 0 saturated carbocycles. The van der Waals surface area contributed by atoms with Crippen molar-refractivity contribution in [1.82, 2.24) is 0 Å². The Kier molecular flexibility index (Phi) is 11.3. The lowest BCUT2D eigenvalue weighted by atomic mass is 9.89. The third-order valence-electron chi connectivity index (χ3n) is 13.3. The fourth-order valence-electron chi connectivity index (χ4n) is 9.19. The van der Waals surface area contributed by atoms with Gasteiger partial charge in [-0.05, 0) is 144 Å². The third kappa shape index (κ3) is 7.18. The molecule has 4 heterocycles. The van der Waals surface area contributed by atoms with Gasteiger partial charge in [0.25, 0.3) is 0 Å². The van der Waals surface area contributed by atoms with Crippen molar-refractivity contribution in [3.8, 4) is 94.7 Å². The van der Waals surface area contributed by atoms with E-state index in [1.54, 1.807) is 0 Å². The Labute approximate surface area is 394 Å². The first kappa shape index (κ1) is 42.1. The summed E-state index contributed by atoms with van der Waals surface area (Å²) in [6.45, 7) is 18.7. The van der Waals surface area contributed by atoms with Gasteiger partial charge in [-0.1, -0.05) is 158 Å². The Balaban J connectivity index is 1.09. The van der Waals surface area contributed by atoms with Crippen molar-refractivity contribution in [2.45, 2.75) is 55.4 Å². The van der Waals surface area contributed by atoms with E-state index in [9.17, 15) is 0 Å². The molecule has 4 aromatic heterocycles. The maximum atomic E-state index is 2.35. The lowest BCUT2D eigenvalue weighted by molar-refractivity contribution is 1.37. The highest BCUT2D eigenvalue weighted by atomic mass is 32.1. The van der Waals surface area contributed by atoms with Crippen LogP contribution in [0.1, 0.15) is 44.5 Å². The zero-order valence-electron chi connectivity index (χ0n) is 37.6. The molecule has 4 heteroatoms. The molecule has 10 aromatic rings. The third-order valence-corrected chi connectivity index (χ3v) is 19.4. The predicted octanol–water partition coefficient (Wildman–Crippen LogP) is 19.4. The maximum absolute atomic E-state index is 2.35. The van der Waals surface area contributed by atoms with E-state index in [1.807, 2.05) is 45.3 Å². The van der Waals surface area contributed by atoms with Crippen molar-refractivity contribution >= 4 is 45.3 Å². The van der Waals surface area contributed by atoms with E-state index in [4.69, 9.17) is 0 Å². The van der Waals surface area contributed by atoms with Gasteiger partial charge in [0.05, 0.1) is 0 Å². The van der Waals surface area contributed by atoms with E-state index in [-0.39, 0.29) is 0 Å². The average Bonchev–Trinajstić information content (AvgIpc) is 4.01. The van der Waals surface area contributed by atoms with Crippen molar-refractivity contribution in [3.63, 3.8) is 0 Å². The number of rotatable bonds is 9. The summed E-state index contributed by atoms with van der Waals surface area (Å²) in [6, 6.07) is 57.2. The maximum Gasteiger partial charge on any atom is 0.0484 e. The Morgan fingerprint density at radius 2 is 0.391 bits per heavy atom. The summed E-state index contributed by atoms with van der Waals surface area (Å²) in [6.07, 6.45) is 0. The minimum absolute atomic E-state index is 1.24. The van der Waals surface area contributed by atoms with Crippen molar-refractivity contribution in [2.24, 2.45) is 0 Å². The summed E-state index contributed by atoms with van der Waals surface area (Å²) in [7, 11) is 0. The van der Waals surface area contributed by atoms with Gasteiger partial charge in [-0.15, -0.1) is 45.3 Å². The van der Waals surface area contributed by atoms with E-state index < -0.39 is 0 Å². The highest BCUT2D eigenvalue weighted by molar-refractivity contribution is 7.30. The molecule has 0 aliphatic carbocycles. The molecule has 314 valence electrons. The minimum Gasteiger partial charge on any atom is -0.134 e. The molecule has 10 rings (SSSR count). The average molecular weight is 899 g/mol. The van der Waals surface area contributed by atoms with Crippen LogP contribution in [0.2, 0.25) is 0 Å². The molecule has 0 atom stereocenters. The van der Waals surface area contributed by atoms with Crippen molar-refractivity contribution in [3.05, 3.63) is 202 Å². The summed E-state index contributed by atoms with van der Waals surface area (Å²) >= 11 is 7.92. The van der Waals surface area contributed by atoms with Crippen molar-refractivity contribution in [1.29, 1.82) is 0 Å². The summed E-state index contributed by atoms with van der Waals surface area (Å²) < 4.78 is 0. The number of hydrogen-bond donors (Lipinski definition) is 0. The second-order valence-corrected chi connectivity index (χ2v) is 21.0. The van der Waals surface area contributed by atoms with Gasteiger partial charge in [0, 0.05) is 50.1 Å². The van der Waals surface area contributed by atoms with Crippen LogP contribution in [-0.2, 0) is 0 Å². The largest absolute Gasteiger partial charge is 0.134 e. The van der Waals surface area contributed by atoms with Crippen LogP contribution in [0.4, 0.5) is 0 Å². The van der Waals surface area contributed by atoms with Gasteiger partial charge in [-0.25, -0.2) is 0 Å². The Morgan fingerprint density at radius 3 is 0.609 bits per heavy atom. The van der Waals surface area contributed by atoms with Gasteiger partial charge in [0.2, 0.25) is 0 Å². The SMILES string of the molecule is Cc1c(-c2sc(-c3sc(-c4c(-c5ccccc5)cccc4-c4ccccc4)c(C)c3C)c(C)c2C)sc(-c2sc(-c3c(-c4ccccc4)cccc3-c3ccccc3)c(C)c2C)c1C. The smallest absolute Gasteiger partial charge is 0.0484 e. The van der Waals surface area contributed by atoms with Crippen LogP contribution < -0.4 is 0 Å². The quantitative estimate of drug-likeness (QED) is 0.135.